The second-order valence-electron chi connectivity index (χ2n) is 9.19. The fourth-order valence-corrected chi connectivity index (χ4v) is 5.01. The number of aryl methyl sites for hydroxylation is 1. The van der Waals surface area contributed by atoms with Crippen molar-refractivity contribution >= 4 is 17.9 Å². The number of nitrogens with one attached hydrogen (secondary N) is 1. The fourth-order valence-electron chi connectivity index (χ4n) is 5.01. The SMILES string of the molecule is CC=Cc1ccc(C2CCN(C(=O)c3cc(C(=O)NC)c(C4CCC4)cc3C)CC2)cc1. The van der Waals surface area contributed by atoms with E-state index in [-0.39, 0.29) is 11.8 Å². The van der Waals surface area contributed by atoms with Crippen molar-refractivity contribution in [2.75, 3.05) is 20.1 Å². The van der Waals surface area contributed by atoms with Crippen LogP contribution < -0.4 is 5.32 Å². The molecule has 168 valence electrons. The molecule has 2 aromatic carbocycles. The molecule has 0 aromatic heterocycles. The van der Waals surface area contributed by atoms with Crippen LogP contribution in [-0.2, 0) is 0 Å². The third-order valence-electron chi connectivity index (χ3n) is 7.19. The van der Waals surface area contributed by atoms with Crippen LogP contribution in [0.25, 0.3) is 6.08 Å². The average molecular weight is 431 g/mol. The van der Waals surface area contributed by atoms with Gasteiger partial charge in [-0.05, 0) is 79.7 Å². The Labute approximate surface area is 191 Å². The van der Waals surface area contributed by atoms with Crippen molar-refractivity contribution in [1.29, 1.82) is 0 Å². The Kier molecular flexibility index (Phi) is 6.78. The second-order valence-corrected chi connectivity index (χ2v) is 9.19. The Morgan fingerprint density at radius 3 is 2.22 bits per heavy atom. The summed E-state index contributed by atoms with van der Waals surface area (Å²) >= 11 is 0. The maximum absolute atomic E-state index is 13.4. The molecule has 1 heterocycles. The fraction of sp³-hybridized carbons (Fsp3) is 0.429. The zero-order valence-corrected chi connectivity index (χ0v) is 19.5. The lowest BCUT2D eigenvalue weighted by Crippen LogP contribution is -2.38. The van der Waals surface area contributed by atoms with E-state index in [1.165, 1.54) is 17.5 Å². The lowest BCUT2D eigenvalue weighted by molar-refractivity contribution is 0.0712. The Hall–Kier alpha value is -2.88. The van der Waals surface area contributed by atoms with Crippen molar-refractivity contribution in [3.63, 3.8) is 0 Å². The molecule has 1 N–H and O–H groups in total. The zero-order chi connectivity index (χ0) is 22.7. The highest BCUT2D eigenvalue weighted by atomic mass is 16.2. The van der Waals surface area contributed by atoms with E-state index in [1.807, 2.05) is 24.8 Å². The molecule has 2 amide bonds. The molecule has 1 saturated carbocycles. The third kappa shape index (κ3) is 4.50. The molecule has 1 aliphatic carbocycles. The third-order valence-corrected chi connectivity index (χ3v) is 7.19. The minimum absolute atomic E-state index is 0.0506. The summed E-state index contributed by atoms with van der Waals surface area (Å²) in [6, 6.07) is 12.7. The number of hydrogen-bond acceptors (Lipinski definition) is 2. The molecule has 0 unspecified atom stereocenters. The van der Waals surface area contributed by atoms with Gasteiger partial charge >= 0.3 is 0 Å². The van der Waals surface area contributed by atoms with E-state index < -0.39 is 0 Å². The van der Waals surface area contributed by atoms with Gasteiger partial charge in [-0.15, -0.1) is 0 Å². The largest absolute Gasteiger partial charge is 0.355 e. The lowest BCUT2D eigenvalue weighted by atomic mass is 9.77. The quantitative estimate of drug-likeness (QED) is 0.664. The van der Waals surface area contributed by atoms with E-state index in [2.05, 4.69) is 47.8 Å². The number of carbonyl (C=O) groups is 2. The topological polar surface area (TPSA) is 49.4 Å². The van der Waals surface area contributed by atoms with Crippen molar-refractivity contribution in [3.05, 3.63) is 75.9 Å². The monoisotopic (exact) mass is 430 g/mol. The highest BCUT2D eigenvalue weighted by Gasteiger charge is 2.29. The van der Waals surface area contributed by atoms with Gasteiger partial charge in [0.15, 0.2) is 0 Å². The molecule has 0 bridgehead atoms. The Bertz CT molecular complexity index is 1010. The maximum atomic E-state index is 13.4. The minimum atomic E-state index is -0.0963. The molecule has 0 radical (unpaired) electrons. The molecule has 0 atom stereocenters. The van der Waals surface area contributed by atoms with Gasteiger partial charge in [0.2, 0.25) is 0 Å². The van der Waals surface area contributed by atoms with Gasteiger partial charge in [-0.25, -0.2) is 0 Å². The normalized spacial score (nSPS) is 17.4. The summed E-state index contributed by atoms with van der Waals surface area (Å²) in [4.78, 5) is 27.9. The van der Waals surface area contributed by atoms with E-state index in [4.69, 9.17) is 0 Å². The van der Waals surface area contributed by atoms with E-state index in [0.29, 0.717) is 23.0 Å². The summed E-state index contributed by atoms with van der Waals surface area (Å²) in [7, 11) is 1.66. The number of likely N-dealkylation sites (tertiary alicyclic amines) is 1. The molecule has 4 rings (SSSR count). The van der Waals surface area contributed by atoms with Crippen LogP contribution in [0, 0.1) is 6.92 Å². The maximum Gasteiger partial charge on any atom is 0.254 e. The summed E-state index contributed by atoms with van der Waals surface area (Å²) in [6.45, 7) is 5.53. The summed E-state index contributed by atoms with van der Waals surface area (Å²) in [5.41, 5.74) is 5.99. The van der Waals surface area contributed by atoms with Crippen LogP contribution in [0.15, 0.2) is 42.5 Å². The van der Waals surface area contributed by atoms with E-state index in [9.17, 15) is 9.59 Å². The van der Waals surface area contributed by atoms with Crippen molar-refractivity contribution in [2.24, 2.45) is 0 Å². The lowest BCUT2D eigenvalue weighted by Gasteiger charge is -2.33. The molecular formula is C28H34N2O2. The predicted molar refractivity (Wildman–Crippen MR) is 130 cm³/mol. The summed E-state index contributed by atoms with van der Waals surface area (Å²) in [5, 5.41) is 2.76. The van der Waals surface area contributed by atoms with Crippen LogP contribution in [0.2, 0.25) is 0 Å². The molecule has 4 heteroatoms. The van der Waals surface area contributed by atoms with Gasteiger partial charge in [0.05, 0.1) is 0 Å². The molecule has 2 fully saturated rings. The molecule has 2 aliphatic rings. The Balaban J connectivity index is 1.48. The van der Waals surface area contributed by atoms with Crippen LogP contribution in [0.5, 0.6) is 0 Å². The first kappa shape index (κ1) is 22.3. The van der Waals surface area contributed by atoms with Crippen LogP contribution in [0.4, 0.5) is 0 Å². The molecule has 0 spiro atoms. The van der Waals surface area contributed by atoms with Gasteiger partial charge in [-0.1, -0.05) is 48.9 Å². The van der Waals surface area contributed by atoms with Crippen molar-refractivity contribution in [2.45, 2.75) is 57.8 Å². The molecule has 2 aromatic rings. The van der Waals surface area contributed by atoms with Crippen molar-refractivity contribution < 1.29 is 9.59 Å². The van der Waals surface area contributed by atoms with Crippen LogP contribution >= 0.6 is 0 Å². The number of piperidine rings is 1. The van der Waals surface area contributed by atoms with Gasteiger partial charge in [0.25, 0.3) is 11.8 Å². The second kappa shape index (κ2) is 9.72. The Morgan fingerprint density at radius 1 is 0.969 bits per heavy atom. The number of amides is 2. The standard InChI is InChI=1S/C28H34N2O2/c1-4-6-20-9-11-21(12-10-20)22-13-15-30(16-14-22)28(32)24-18-26(27(31)29-3)25(17-19(24)2)23-7-5-8-23/h4,6,9-12,17-18,22-23H,5,7-8,13-16H2,1-3H3,(H,29,31). The van der Waals surface area contributed by atoms with E-state index in [1.54, 1.807) is 7.05 Å². The van der Waals surface area contributed by atoms with E-state index in [0.717, 1.165) is 49.9 Å². The number of carbonyl (C=O) groups excluding carboxylic acids is 2. The minimum Gasteiger partial charge on any atom is -0.355 e. The summed E-state index contributed by atoms with van der Waals surface area (Å²) in [5.74, 6) is 0.887. The van der Waals surface area contributed by atoms with E-state index >= 15 is 0 Å². The zero-order valence-electron chi connectivity index (χ0n) is 19.5. The van der Waals surface area contributed by atoms with Gasteiger partial charge in [-0.2, -0.15) is 0 Å². The first-order valence-electron chi connectivity index (χ1n) is 11.9. The molecule has 4 nitrogen and oxygen atoms in total. The summed E-state index contributed by atoms with van der Waals surface area (Å²) < 4.78 is 0. The number of nitrogens with zero attached hydrogens (tertiary/aromatic N) is 1. The average Bonchev–Trinajstić information content (AvgIpc) is 2.78. The molecule has 1 aliphatic heterocycles. The number of hydrogen-bond donors (Lipinski definition) is 1. The van der Waals surface area contributed by atoms with Gasteiger partial charge in [-0.3, -0.25) is 9.59 Å². The van der Waals surface area contributed by atoms with Gasteiger partial charge in [0.1, 0.15) is 0 Å². The number of allylic oxidation sites excluding steroid dienone is 1. The molecular weight excluding hydrogens is 396 g/mol. The Morgan fingerprint density at radius 2 is 1.66 bits per heavy atom. The molecule has 1 saturated heterocycles. The van der Waals surface area contributed by atoms with Crippen LogP contribution in [-0.4, -0.2) is 36.9 Å². The predicted octanol–water partition coefficient (Wildman–Crippen LogP) is 5.68. The van der Waals surface area contributed by atoms with Gasteiger partial charge < -0.3 is 10.2 Å². The van der Waals surface area contributed by atoms with Crippen LogP contribution in [0.1, 0.15) is 93.8 Å². The van der Waals surface area contributed by atoms with Crippen molar-refractivity contribution in [1.82, 2.24) is 10.2 Å². The van der Waals surface area contributed by atoms with Crippen LogP contribution in [0.3, 0.4) is 0 Å². The number of benzene rings is 2. The van der Waals surface area contributed by atoms with Crippen molar-refractivity contribution in [3.8, 4) is 0 Å². The smallest absolute Gasteiger partial charge is 0.254 e. The van der Waals surface area contributed by atoms with Gasteiger partial charge in [0, 0.05) is 31.3 Å². The number of rotatable bonds is 5. The first-order valence-corrected chi connectivity index (χ1v) is 11.9. The highest BCUT2D eigenvalue weighted by Crippen LogP contribution is 2.39. The molecule has 32 heavy (non-hydrogen) atoms. The highest BCUT2D eigenvalue weighted by molar-refractivity contribution is 6.01. The summed E-state index contributed by atoms with van der Waals surface area (Å²) in [6.07, 6.45) is 9.56. The first-order chi connectivity index (χ1) is 15.5.